The molecule has 0 atom stereocenters. The number of imidazole rings is 1. The quantitative estimate of drug-likeness (QED) is 0.0753. The molecule has 258 valence electrons. The molecule has 0 spiro atoms. The first kappa shape index (κ1) is 34.2. The Kier molecular flexibility index (Phi) is 10.2. The number of fused-ring (bicyclic) bond motifs is 3. The number of nitrogens with zero attached hydrogens (tertiary/aromatic N) is 5. The average Bonchev–Trinajstić information content (AvgIpc) is 3.79. The maximum atomic E-state index is 12.6. The molecule has 2 aromatic heterocycles. The second kappa shape index (κ2) is 14.9. The molecule has 0 fully saturated rings. The van der Waals surface area contributed by atoms with Gasteiger partial charge in [-0.15, -0.1) is 0 Å². The van der Waals surface area contributed by atoms with E-state index >= 15 is 0 Å². The zero-order chi connectivity index (χ0) is 35.4. The standard InChI is InChI=1S/C40H44N5O5/c1-7-42-31-21-17-28(39(46)48-11-5)25-33(31)44(9-3)36(42)23-19-27(38-41-30-15-13-14-16-35(30)50-38)20-24-37-43(8-2)32-22-18-29(40(47)49-12-6)26-34(32)45(37)10-4/h13-26H,7-12H2,1-6H3/q+1. The maximum Gasteiger partial charge on any atom is 0.338 e. The number of rotatable bonds is 12. The van der Waals surface area contributed by atoms with E-state index in [-0.39, 0.29) is 11.9 Å². The van der Waals surface area contributed by atoms with Crippen LogP contribution in [0.4, 0.5) is 11.4 Å². The number of allylic oxidation sites excluding steroid dienone is 4. The number of esters is 2. The van der Waals surface area contributed by atoms with E-state index in [0.717, 1.165) is 58.2 Å². The van der Waals surface area contributed by atoms with Crippen molar-refractivity contribution in [3.8, 4) is 0 Å². The second-order valence-corrected chi connectivity index (χ2v) is 11.7. The Morgan fingerprint density at radius 1 is 0.820 bits per heavy atom. The van der Waals surface area contributed by atoms with Gasteiger partial charge in [0.05, 0.1) is 48.8 Å². The zero-order valence-corrected chi connectivity index (χ0v) is 29.6. The number of oxazole rings is 1. The number of aryl methyl sites for hydroxylation is 2. The fourth-order valence-corrected chi connectivity index (χ4v) is 6.62. The van der Waals surface area contributed by atoms with Gasteiger partial charge in [-0.05, 0) is 102 Å². The molecule has 0 saturated carbocycles. The summed E-state index contributed by atoms with van der Waals surface area (Å²) in [6.45, 7) is 15.5. The predicted octanol–water partition coefficient (Wildman–Crippen LogP) is 7.77. The first-order chi connectivity index (χ1) is 24.4. The minimum Gasteiger partial charge on any atom is -0.462 e. The lowest BCUT2D eigenvalue weighted by Gasteiger charge is -2.23. The van der Waals surface area contributed by atoms with Crippen LogP contribution in [0, 0.1) is 0 Å². The third-order valence-corrected chi connectivity index (χ3v) is 8.87. The summed E-state index contributed by atoms with van der Waals surface area (Å²) in [4.78, 5) is 34.5. The molecule has 3 aromatic carbocycles. The van der Waals surface area contributed by atoms with E-state index in [0.29, 0.717) is 48.9 Å². The summed E-state index contributed by atoms with van der Waals surface area (Å²) >= 11 is 0. The fraction of sp³-hybridized carbons (Fsp3) is 0.300. The van der Waals surface area contributed by atoms with E-state index in [1.807, 2.05) is 86.7 Å². The molecule has 6 rings (SSSR count). The Hall–Kier alpha value is -5.64. The summed E-state index contributed by atoms with van der Waals surface area (Å²) in [5, 5.41) is 0. The number of benzene rings is 3. The first-order valence-corrected chi connectivity index (χ1v) is 17.4. The number of carbonyl (C=O) groups excluding carboxylic acids is 2. The normalized spacial score (nSPS) is 14.0. The molecule has 0 radical (unpaired) electrons. The van der Waals surface area contributed by atoms with Gasteiger partial charge in [-0.2, -0.15) is 0 Å². The summed E-state index contributed by atoms with van der Waals surface area (Å²) in [7, 11) is 0. The summed E-state index contributed by atoms with van der Waals surface area (Å²) < 4.78 is 21.3. The van der Waals surface area contributed by atoms with Gasteiger partial charge in [0, 0.05) is 30.8 Å². The van der Waals surface area contributed by atoms with E-state index in [4.69, 9.17) is 18.9 Å². The van der Waals surface area contributed by atoms with Crippen LogP contribution in [0.5, 0.6) is 0 Å². The molecular weight excluding hydrogens is 630 g/mol. The largest absolute Gasteiger partial charge is 0.462 e. The van der Waals surface area contributed by atoms with Crippen LogP contribution < -0.4 is 14.4 Å². The van der Waals surface area contributed by atoms with Gasteiger partial charge >= 0.3 is 11.9 Å². The van der Waals surface area contributed by atoms with Crippen LogP contribution in [0.15, 0.2) is 89.1 Å². The fourth-order valence-electron chi connectivity index (χ4n) is 6.62. The zero-order valence-electron chi connectivity index (χ0n) is 29.6. The van der Waals surface area contributed by atoms with Crippen LogP contribution in [0.25, 0.3) is 33.8 Å². The van der Waals surface area contributed by atoms with Gasteiger partial charge in [0.15, 0.2) is 16.6 Å². The second-order valence-electron chi connectivity index (χ2n) is 11.7. The molecule has 0 bridgehead atoms. The number of hydrogen-bond donors (Lipinski definition) is 0. The lowest BCUT2D eigenvalue weighted by atomic mass is 10.1. The number of anilines is 2. The average molecular weight is 675 g/mol. The number of aromatic nitrogens is 3. The number of para-hydroxylation sites is 2. The van der Waals surface area contributed by atoms with Crippen molar-refractivity contribution in [2.75, 3.05) is 36.1 Å². The van der Waals surface area contributed by atoms with Gasteiger partial charge in [0.25, 0.3) is 5.82 Å². The van der Waals surface area contributed by atoms with Crippen LogP contribution >= 0.6 is 0 Å². The number of hydrogen-bond acceptors (Lipinski definition) is 8. The molecule has 50 heavy (non-hydrogen) atoms. The highest BCUT2D eigenvalue weighted by molar-refractivity contribution is 5.95. The molecule has 0 saturated heterocycles. The Balaban J connectivity index is 1.47. The lowest BCUT2D eigenvalue weighted by molar-refractivity contribution is -0.670. The molecule has 10 heteroatoms. The summed E-state index contributed by atoms with van der Waals surface area (Å²) in [5.41, 5.74) is 7.28. The van der Waals surface area contributed by atoms with Gasteiger partial charge in [-0.25, -0.2) is 23.7 Å². The highest BCUT2D eigenvalue weighted by Gasteiger charge is 2.30. The maximum absolute atomic E-state index is 12.6. The molecule has 1 aliphatic rings. The first-order valence-electron chi connectivity index (χ1n) is 17.4. The van der Waals surface area contributed by atoms with Gasteiger partial charge in [-0.1, -0.05) is 12.1 Å². The highest BCUT2D eigenvalue weighted by Crippen LogP contribution is 2.42. The van der Waals surface area contributed by atoms with Gasteiger partial charge < -0.3 is 23.7 Å². The van der Waals surface area contributed by atoms with E-state index in [1.165, 1.54) is 0 Å². The van der Waals surface area contributed by atoms with Gasteiger partial charge in [-0.3, -0.25) is 0 Å². The van der Waals surface area contributed by atoms with Crippen molar-refractivity contribution in [3.05, 3.63) is 108 Å². The molecule has 0 aliphatic carbocycles. The Labute approximate surface area is 292 Å². The SMILES string of the molecule is CCOC(=O)c1ccc2c(c1)N(CC)/C(=C/C=C(/C=C/c1n(CC)c3ccc(C(=O)OCC)cc3[n+]1CC)c1nc3ccccc3o1)N2CC. The molecule has 0 N–H and O–H groups in total. The topological polar surface area (TPSA) is 93.9 Å². The third kappa shape index (κ3) is 6.29. The van der Waals surface area contributed by atoms with Crippen LogP contribution in [0.1, 0.15) is 74.0 Å². The molecular formula is C40H44N5O5+. The van der Waals surface area contributed by atoms with Crippen molar-refractivity contribution in [1.82, 2.24) is 9.55 Å². The van der Waals surface area contributed by atoms with Crippen LogP contribution in [-0.2, 0) is 22.6 Å². The van der Waals surface area contributed by atoms with Gasteiger partial charge in [0.2, 0.25) is 5.89 Å². The van der Waals surface area contributed by atoms with Crippen molar-refractivity contribution in [3.63, 3.8) is 0 Å². The number of carbonyl (C=O) groups is 2. The molecule has 0 unspecified atom stereocenters. The van der Waals surface area contributed by atoms with Gasteiger partial charge in [0.1, 0.15) is 11.3 Å². The minimum atomic E-state index is -0.332. The Bertz CT molecular complexity index is 2120. The highest BCUT2D eigenvalue weighted by atomic mass is 16.5. The van der Waals surface area contributed by atoms with Crippen molar-refractivity contribution in [2.45, 2.75) is 54.6 Å². The van der Waals surface area contributed by atoms with Crippen LogP contribution in [0.2, 0.25) is 0 Å². The Morgan fingerprint density at radius 2 is 1.50 bits per heavy atom. The minimum absolute atomic E-state index is 0.322. The van der Waals surface area contributed by atoms with E-state index in [1.54, 1.807) is 0 Å². The molecule has 10 nitrogen and oxygen atoms in total. The molecule has 0 amide bonds. The monoisotopic (exact) mass is 674 g/mol. The third-order valence-electron chi connectivity index (χ3n) is 8.87. The van der Waals surface area contributed by atoms with E-state index in [2.05, 4.69) is 58.8 Å². The van der Waals surface area contributed by atoms with Crippen molar-refractivity contribution in [2.24, 2.45) is 0 Å². The smallest absolute Gasteiger partial charge is 0.338 e. The van der Waals surface area contributed by atoms with Crippen molar-refractivity contribution < 1.29 is 28.0 Å². The molecule has 3 heterocycles. The summed E-state index contributed by atoms with van der Waals surface area (Å²) in [5.74, 6) is 1.79. The summed E-state index contributed by atoms with van der Waals surface area (Å²) in [6, 6.07) is 19.2. The van der Waals surface area contributed by atoms with Crippen molar-refractivity contribution in [1.29, 1.82) is 0 Å². The van der Waals surface area contributed by atoms with Crippen molar-refractivity contribution >= 4 is 57.1 Å². The summed E-state index contributed by atoms with van der Waals surface area (Å²) in [6.07, 6.45) is 8.24. The predicted molar refractivity (Wildman–Crippen MR) is 197 cm³/mol. The van der Waals surface area contributed by atoms with E-state index < -0.39 is 0 Å². The van der Waals surface area contributed by atoms with Crippen LogP contribution in [-0.4, -0.2) is 47.8 Å². The lowest BCUT2D eigenvalue weighted by Crippen LogP contribution is -2.35. The van der Waals surface area contributed by atoms with Crippen LogP contribution in [0.3, 0.4) is 0 Å². The molecule has 5 aromatic rings. The van der Waals surface area contributed by atoms with E-state index in [9.17, 15) is 9.59 Å². The Morgan fingerprint density at radius 3 is 2.16 bits per heavy atom. The number of ether oxygens (including phenoxy) is 2. The molecule has 1 aliphatic heterocycles.